The van der Waals surface area contributed by atoms with Gasteiger partial charge in [-0.1, -0.05) is 18.1 Å². The number of rotatable bonds is 9. The van der Waals surface area contributed by atoms with Crippen molar-refractivity contribution >= 4 is 22.7 Å². The van der Waals surface area contributed by atoms with Gasteiger partial charge in [0, 0.05) is 61.8 Å². The second-order valence-corrected chi connectivity index (χ2v) is 10.3. The minimum Gasteiger partial charge on any atom is -0.497 e. The summed E-state index contributed by atoms with van der Waals surface area (Å²) in [7, 11) is 1.57. The van der Waals surface area contributed by atoms with Crippen LogP contribution in [0.4, 0.5) is 4.79 Å². The lowest BCUT2D eigenvalue weighted by Gasteiger charge is -2.37. The van der Waals surface area contributed by atoms with Gasteiger partial charge in [0.05, 0.1) is 18.3 Å². The van der Waals surface area contributed by atoms with E-state index in [0.717, 1.165) is 29.6 Å². The number of hydrogen-bond acceptors (Lipinski definition) is 8. The molecule has 41 heavy (non-hydrogen) atoms. The first-order chi connectivity index (χ1) is 19.9. The predicted octanol–water partition coefficient (Wildman–Crippen LogP) is 4.01. The molecule has 218 valence electrons. The molecule has 2 aliphatic heterocycles. The van der Waals surface area contributed by atoms with Gasteiger partial charge < -0.3 is 38.9 Å². The number of hydrogen-bond donors (Lipinski definition) is 2. The summed E-state index contributed by atoms with van der Waals surface area (Å²) < 4.78 is 18.5. The zero-order valence-corrected chi connectivity index (χ0v) is 23.4. The molecule has 1 aromatic heterocycles. The van der Waals surface area contributed by atoms with Crippen molar-refractivity contribution in [3.63, 3.8) is 0 Å². The van der Waals surface area contributed by atoms with Crippen molar-refractivity contribution in [1.82, 2.24) is 14.4 Å². The summed E-state index contributed by atoms with van der Waals surface area (Å²) in [5.41, 5.74) is 2.70. The standard InChI is InChI=1S/C30H36N4O7/c1-3-25(31-38)24-17-22(39-2)18-26-23(24)5-7-29(35)33(26)13-12-32-10-8-21(9-11-32)34(30(36)37)19-20-4-6-27-28(16-20)41-15-14-40-27/h4-7,16-18,21,38H,3,8-15,19H2,1-2H3,(H,36,37). The maximum atomic E-state index is 12.9. The first kappa shape index (κ1) is 28.3. The SMILES string of the molecule is CCC(=NO)c1cc(OC)cc2c1ccc(=O)n2CCN1CCC(N(Cc2ccc3c(c2)OCCO3)C(=O)O)CC1. The van der Waals surface area contributed by atoms with Crippen LogP contribution in [-0.4, -0.2) is 82.5 Å². The fourth-order valence-corrected chi connectivity index (χ4v) is 5.71. The van der Waals surface area contributed by atoms with Gasteiger partial charge in [-0.3, -0.25) is 4.79 Å². The molecule has 11 nitrogen and oxygen atoms in total. The molecule has 1 fully saturated rings. The van der Waals surface area contributed by atoms with E-state index >= 15 is 0 Å². The molecule has 1 amide bonds. The van der Waals surface area contributed by atoms with Gasteiger partial charge in [0.15, 0.2) is 11.5 Å². The predicted molar refractivity (Wildman–Crippen MR) is 154 cm³/mol. The maximum absolute atomic E-state index is 12.9. The van der Waals surface area contributed by atoms with Gasteiger partial charge >= 0.3 is 6.09 Å². The van der Waals surface area contributed by atoms with Crippen molar-refractivity contribution < 1.29 is 29.3 Å². The largest absolute Gasteiger partial charge is 0.497 e. The Morgan fingerprint density at radius 1 is 1.07 bits per heavy atom. The Balaban J connectivity index is 1.26. The number of benzene rings is 2. The molecule has 3 heterocycles. The van der Waals surface area contributed by atoms with Gasteiger partial charge in [-0.05, 0) is 49.1 Å². The van der Waals surface area contributed by atoms with Crippen LogP contribution >= 0.6 is 0 Å². The van der Waals surface area contributed by atoms with Gasteiger partial charge in [0.25, 0.3) is 5.56 Å². The van der Waals surface area contributed by atoms with E-state index in [-0.39, 0.29) is 18.1 Å². The molecule has 11 heteroatoms. The van der Waals surface area contributed by atoms with Gasteiger partial charge in [0.1, 0.15) is 19.0 Å². The van der Waals surface area contributed by atoms with Crippen molar-refractivity contribution in [1.29, 1.82) is 0 Å². The van der Waals surface area contributed by atoms with E-state index in [1.54, 1.807) is 17.7 Å². The number of aromatic nitrogens is 1. The lowest BCUT2D eigenvalue weighted by molar-refractivity contribution is 0.0856. The first-order valence-electron chi connectivity index (χ1n) is 13.9. The number of carbonyl (C=O) groups is 1. The number of pyridine rings is 1. The van der Waals surface area contributed by atoms with Crippen LogP contribution in [0.15, 0.2) is 52.4 Å². The molecule has 5 rings (SSSR count). The van der Waals surface area contributed by atoms with Crippen LogP contribution in [0.5, 0.6) is 17.2 Å². The molecule has 0 saturated carbocycles. The molecule has 0 bridgehead atoms. The third-order valence-electron chi connectivity index (χ3n) is 7.93. The van der Waals surface area contributed by atoms with E-state index in [9.17, 15) is 19.9 Å². The minimum atomic E-state index is -0.941. The Hall–Kier alpha value is -4.25. The fraction of sp³-hybridized carbons (Fsp3) is 0.433. The quantitative estimate of drug-likeness (QED) is 0.227. The van der Waals surface area contributed by atoms with Crippen LogP contribution in [0.3, 0.4) is 0 Å². The van der Waals surface area contributed by atoms with E-state index < -0.39 is 6.09 Å². The third-order valence-corrected chi connectivity index (χ3v) is 7.93. The Bertz CT molecular complexity index is 1490. The lowest BCUT2D eigenvalue weighted by Crippen LogP contribution is -2.47. The number of likely N-dealkylation sites (tertiary alicyclic amines) is 1. The number of ether oxygens (including phenoxy) is 3. The monoisotopic (exact) mass is 564 g/mol. The Morgan fingerprint density at radius 2 is 1.83 bits per heavy atom. The first-order valence-corrected chi connectivity index (χ1v) is 13.9. The third kappa shape index (κ3) is 6.09. The number of oxime groups is 1. The summed E-state index contributed by atoms with van der Waals surface area (Å²) >= 11 is 0. The molecule has 2 N–H and O–H groups in total. The Morgan fingerprint density at radius 3 is 2.51 bits per heavy atom. The van der Waals surface area contributed by atoms with E-state index in [1.807, 2.05) is 37.3 Å². The van der Waals surface area contributed by atoms with Crippen LogP contribution in [0.1, 0.15) is 37.3 Å². The van der Waals surface area contributed by atoms with Crippen LogP contribution in [-0.2, 0) is 13.1 Å². The van der Waals surface area contributed by atoms with Gasteiger partial charge in [-0.15, -0.1) is 0 Å². The molecule has 1 saturated heterocycles. The lowest BCUT2D eigenvalue weighted by atomic mass is 10.0. The number of methoxy groups -OCH3 is 1. The molecule has 2 aliphatic rings. The van der Waals surface area contributed by atoms with Crippen molar-refractivity contribution in [2.24, 2.45) is 5.16 Å². The highest BCUT2D eigenvalue weighted by atomic mass is 16.6. The molecule has 0 spiro atoms. The highest BCUT2D eigenvalue weighted by Gasteiger charge is 2.28. The summed E-state index contributed by atoms with van der Waals surface area (Å²) in [6.07, 6.45) is 0.982. The second kappa shape index (κ2) is 12.5. The van der Waals surface area contributed by atoms with Crippen molar-refractivity contribution in [2.75, 3.05) is 40.0 Å². The molecule has 0 radical (unpaired) electrons. The normalized spacial score (nSPS) is 16.1. The van der Waals surface area contributed by atoms with Crippen LogP contribution < -0.4 is 19.8 Å². The number of amides is 1. The topological polar surface area (TPSA) is 126 Å². The number of nitrogens with zero attached hydrogens (tertiary/aromatic N) is 4. The van der Waals surface area contributed by atoms with Crippen LogP contribution in [0.2, 0.25) is 0 Å². The molecular weight excluding hydrogens is 528 g/mol. The van der Waals surface area contributed by atoms with Crippen LogP contribution in [0.25, 0.3) is 10.9 Å². The zero-order valence-electron chi connectivity index (χ0n) is 23.4. The maximum Gasteiger partial charge on any atom is 0.407 e. The molecule has 2 aromatic carbocycles. The van der Waals surface area contributed by atoms with E-state index in [0.29, 0.717) is 74.0 Å². The molecule has 0 aliphatic carbocycles. The zero-order chi connectivity index (χ0) is 28.9. The van der Waals surface area contributed by atoms with Gasteiger partial charge in [-0.25, -0.2) is 4.79 Å². The minimum absolute atomic E-state index is 0.103. The summed E-state index contributed by atoms with van der Waals surface area (Å²) in [4.78, 5) is 28.9. The van der Waals surface area contributed by atoms with Gasteiger partial charge in [-0.2, -0.15) is 0 Å². The average Bonchev–Trinajstić information content (AvgIpc) is 3.00. The summed E-state index contributed by atoms with van der Waals surface area (Å²) in [5.74, 6) is 1.91. The molecular formula is C30H36N4O7. The van der Waals surface area contributed by atoms with E-state index in [4.69, 9.17) is 14.2 Å². The number of fused-ring (bicyclic) bond motifs is 2. The number of piperidine rings is 1. The molecule has 3 aromatic rings. The average molecular weight is 565 g/mol. The van der Waals surface area contributed by atoms with Gasteiger partial charge in [0.2, 0.25) is 0 Å². The van der Waals surface area contributed by atoms with Crippen molar-refractivity contribution in [2.45, 2.75) is 45.3 Å². The highest BCUT2D eigenvalue weighted by molar-refractivity contribution is 6.10. The Labute approximate surface area is 238 Å². The number of carboxylic acid groups (broad SMARTS) is 1. The smallest absolute Gasteiger partial charge is 0.407 e. The summed E-state index contributed by atoms with van der Waals surface area (Å²) in [6, 6.07) is 12.4. The second-order valence-electron chi connectivity index (χ2n) is 10.3. The van der Waals surface area contributed by atoms with Crippen LogP contribution in [0, 0.1) is 0 Å². The molecule has 0 atom stereocenters. The van der Waals surface area contributed by atoms with Crippen molar-refractivity contribution in [3.8, 4) is 17.2 Å². The van der Waals surface area contributed by atoms with E-state index in [1.165, 1.54) is 11.0 Å². The summed E-state index contributed by atoms with van der Waals surface area (Å²) in [5, 5.41) is 23.8. The van der Waals surface area contributed by atoms with E-state index in [2.05, 4.69) is 10.1 Å². The molecule has 0 unspecified atom stereocenters. The Kier molecular flexibility index (Phi) is 8.63. The fourth-order valence-electron chi connectivity index (χ4n) is 5.71. The highest BCUT2D eigenvalue weighted by Crippen LogP contribution is 2.32. The summed E-state index contributed by atoms with van der Waals surface area (Å²) in [6.45, 7) is 5.72. The van der Waals surface area contributed by atoms with Crippen molar-refractivity contribution in [3.05, 3.63) is 63.9 Å².